The number of hydrogen-bond donors (Lipinski definition) is 3. The molecule has 11 atom stereocenters. The van der Waals surface area contributed by atoms with Crippen LogP contribution in [0.1, 0.15) is 113 Å². The van der Waals surface area contributed by atoms with Crippen molar-refractivity contribution >= 4 is 29.7 Å². The smallest absolute Gasteiger partial charge is 0.330 e. The van der Waals surface area contributed by atoms with Crippen molar-refractivity contribution in [1.82, 2.24) is 0 Å². The number of allylic oxidation sites excluding steroid dienone is 2. The number of esters is 4. The van der Waals surface area contributed by atoms with Gasteiger partial charge in [0.1, 0.15) is 12.2 Å². The van der Waals surface area contributed by atoms with Crippen molar-refractivity contribution in [1.29, 1.82) is 0 Å². The van der Waals surface area contributed by atoms with Gasteiger partial charge in [-0.3, -0.25) is 19.2 Å². The lowest BCUT2D eigenvalue weighted by molar-refractivity contribution is -0.461. The first-order valence-electron chi connectivity index (χ1n) is 19.6. The van der Waals surface area contributed by atoms with Gasteiger partial charge < -0.3 is 48.5 Å². The molecule has 4 heterocycles. The Kier molecular flexibility index (Phi) is 12.7. The minimum absolute atomic E-state index is 0.0198. The molecule has 0 aromatic rings. The van der Waals surface area contributed by atoms with E-state index in [0.29, 0.717) is 18.4 Å². The number of fused-ring (bicyclic) bond motifs is 5. The Balaban J connectivity index is 1.53. The molecule has 0 aromatic carbocycles. The topological polar surface area (TPSA) is 211 Å². The molecule has 3 N–H and O–H groups in total. The number of methoxy groups -OCH3 is 1. The highest BCUT2D eigenvalue weighted by Gasteiger charge is 2.64. The Bertz CT molecular complexity index is 1590. The summed E-state index contributed by atoms with van der Waals surface area (Å²) in [5, 5.41) is 34.5. The molecule has 1 aliphatic carbocycles. The zero-order chi connectivity index (χ0) is 41.6. The third-order valence-electron chi connectivity index (χ3n) is 11.8. The summed E-state index contributed by atoms with van der Waals surface area (Å²) < 4.78 is 41.0. The highest BCUT2D eigenvalue weighted by atomic mass is 16.8. The van der Waals surface area contributed by atoms with Gasteiger partial charge in [-0.25, -0.2) is 4.79 Å². The lowest BCUT2D eigenvalue weighted by Gasteiger charge is -2.53. The maximum Gasteiger partial charge on any atom is 0.330 e. The third kappa shape index (κ3) is 9.39. The maximum absolute atomic E-state index is 14.4. The molecule has 4 aliphatic heterocycles. The maximum atomic E-state index is 14.4. The molecule has 5 aliphatic rings. The van der Waals surface area contributed by atoms with Gasteiger partial charge in [0, 0.05) is 36.7 Å². The Labute approximate surface area is 328 Å². The van der Waals surface area contributed by atoms with Crippen molar-refractivity contribution in [3.05, 3.63) is 23.8 Å². The van der Waals surface area contributed by atoms with Crippen molar-refractivity contribution in [3.8, 4) is 0 Å². The molecule has 0 radical (unpaired) electrons. The second-order valence-corrected chi connectivity index (χ2v) is 18.4. The zero-order valence-corrected chi connectivity index (χ0v) is 34.0. The van der Waals surface area contributed by atoms with Crippen LogP contribution in [0.3, 0.4) is 0 Å². The van der Waals surface area contributed by atoms with Crippen molar-refractivity contribution in [2.75, 3.05) is 7.11 Å². The van der Waals surface area contributed by atoms with Crippen molar-refractivity contribution < 1.29 is 72.5 Å². The average Bonchev–Trinajstić information content (AvgIpc) is 3.56. The molecular formula is C41H60O15. The molecule has 3 saturated heterocycles. The van der Waals surface area contributed by atoms with Crippen molar-refractivity contribution in [2.45, 2.75) is 168 Å². The molecule has 314 valence electrons. The van der Waals surface area contributed by atoms with Gasteiger partial charge in [0.2, 0.25) is 5.78 Å². The number of hydrogen-bond acceptors (Lipinski definition) is 15. The lowest BCUT2D eigenvalue weighted by Crippen LogP contribution is -2.63. The van der Waals surface area contributed by atoms with Gasteiger partial charge in [-0.2, -0.15) is 0 Å². The van der Waals surface area contributed by atoms with Crippen LogP contribution in [0.15, 0.2) is 23.8 Å². The summed E-state index contributed by atoms with van der Waals surface area (Å²) in [7, 11) is 1.26. The predicted octanol–water partition coefficient (Wildman–Crippen LogP) is 3.73. The molecule has 56 heavy (non-hydrogen) atoms. The fourth-order valence-corrected chi connectivity index (χ4v) is 8.32. The molecule has 2 unspecified atom stereocenters. The van der Waals surface area contributed by atoms with Crippen LogP contribution in [0.4, 0.5) is 0 Å². The summed E-state index contributed by atoms with van der Waals surface area (Å²) in [6.45, 7) is 13.3. The Morgan fingerprint density at radius 1 is 0.857 bits per heavy atom. The van der Waals surface area contributed by atoms with Gasteiger partial charge in [0.15, 0.2) is 0 Å². The fourth-order valence-electron chi connectivity index (χ4n) is 8.32. The van der Waals surface area contributed by atoms with Crippen molar-refractivity contribution in [2.24, 2.45) is 28.1 Å². The Morgan fingerprint density at radius 2 is 1.52 bits per heavy atom. The second kappa shape index (κ2) is 16.2. The van der Waals surface area contributed by atoms with E-state index in [1.54, 1.807) is 54.5 Å². The van der Waals surface area contributed by atoms with E-state index in [1.807, 2.05) is 6.08 Å². The number of cyclic esters (lactones) is 1. The SMILES string of the molecule is COC(=O)/C=C1\C[C@@H]2/C=C\C(C)(C)C(=O)C34OC(=O)CC3C[C@@H](C[C@@H](O)[C@@H](C)OC(=O)C[C@@H](O)C[C@@H]3C[C@H](OC(=O)C(C)(C)C)C(C)(C)[C@](O)(O[C@H](C1)C2)O3)O4. The molecule has 15 heteroatoms. The number of ketones is 1. The Morgan fingerprint density at radius 3 is 2.18 bits per heavy atom. The first-order chi connectivity index (χ1) is 25.9. The van der Waals surface area contributed by atoms with Crippen LogP contribution in [-0.2, 0) is 57.1 Å². The van der Waals surface area contributed by atoms with Crippen LogP contribution in [-0.4, -0.2) is 107 Å². The number of rotatable bonds is 2. The van der Waals surface area contributed by atoms with Crippen LogP contribution in [0.2, 0.25) is 0 Å². The van der Waals surface area contributed by atoms with E-state index in [1.165, 1.54) is 20.1 Å². The molecular weight excluding hydrogens is 732 g/mol. The molecule has 4 fully saturated rings. The number of aliphatic hydroxyl groups is 3. The fraction of sp³-hybridized carbons (Fsp3) is 0.780. The third-order valence-corrected chi connectivity index (χ3v) is 11.8. The summed E-state index contributed by atoms with van der Waals surface area (Å²) >= 11 is 0. The number of carbonyl (C=O) groups excluding carboxylic acids is 5. The number of ether oxygens (including phenoxy) is 7. The van der Waals surface area contributed by atoms with E-state index in [0.717, 1.165) is 0 Å². The van der Waals surface area contributed by atoms with Crippen LogP contribution in [0, 0.1) is 28.1 Å². The molecule has 6 bridgehead atoms. The van der Waals surface area contributed by atoms with E-state index in [9.17, 15) is 39.3 Å². The monoisotopic (exact) mass is 792 g/mol. The van der Waals surface area contributed by atoms with E-state index < -0.39 is 113 Å². The summed E-state index contributed by atoms with van der Waals surface area (Å²) in [4.78, 5) is 65.6. The number of Topliss-reactive ketones (excluding diaryl/α,β-unsaturated/α-hetero) is 1. The van der Waals surface area contributed by atoms with Gasteiger partial charge in [-0.15, -0.1) is 0 Å². The average molecular weight is 793 g/mol. The molecule has 15 nitrogen and oxygen atoms in total. The Hall–Kier alpha value is -3.21. The van der Waals surface area contributed by atoms with E-state index >= 15 is 0 Å². The van der Waals surface area contributed by atoms with Crippen LogP contribution in [0.25, 0.3) is 0 Å². The van der Waals surface area contributed by atoms with E-state index in [2.05, 4.69) is 0 Å². The summed E-state index contributed by atoms with van der Waals surface area (Å²) in [6.07, 6.45) is -1.48. The molecule has 1 spiro atoms. The van der Waals surface area contributed by atoms with Gasteiger partial charge >= 0.3 is 23.9 Å². The first-order valence-corrected chi connectivity index (χ1v) is 19.6. The number of carbonyl (C=O) groups is 5. The van der Waals surface area contributed by atoms with Crippen LogP contribution >= 0.6 is 0 Å². The van der Waals surface area contributed by atoms with Gasteiger partial charge in [0.05, 0.1) is 61.3 Å². The quantitative estimate of drug-likeness (QED) is 0.157. The molecule has 0 amide bonds. The lowest BCUT2D eigenvalue weighted by atomic mass is 9.76. The van der Waals surface area contributed by atoms with E-state index in [4.69, 9.17) is 33.2 Å². The first kappa shape index (κ1) is 43.9. The number of aliphatic hydroxyl groups excluding tert-OH is 2. The molecule has 0 aromatic heterocycles. The van der Waals surface area contributed by atoms with Gasteiger partial charge in [-0.05, 0) is 87.0 Å². The second-order valence-electron chi connectivity index (χ2n) is 18.4. The van der Waals surface area contributed by atoms with Crippen LogP contribution in [0.5, 0.6) is 0 Å². The standard InChI is InChI=1S/C41H60O15/c1-22-30(43)20-28-16-25-17-34(46)56-40(25,53-28)35(47)38(5,6)11-10-23-12-24(15-32(44)50-9)14-27(13-23)54-41(49)39(7,8)31(52-36(48)37(2,3)4)21-29(55-41)18-26(42)19-33(45)51-22/h10-11,15,22-23,25-31,42-43,49H,12-14,16-21H2,1-9H3/b11-10-,24-15+/t22-,23+,25?,26+,27+,28+,29-,30-,31+,40?,41+/m1/s1. The highest BCUT2D eigenvalue weighted by Crippen LogP contribution is 2.51. The minimum atomic E-state index is -2.40. The molecule has 1 saturated carbocycles. The zero-order valence-electron chi connectivity index (χ0n) is 34.0. The summed E-state index contributed by atoms with van der Waals surface area (Å²) in [5.74, 6) is -8.15. The van der Waals surface area contributed by atoms with E-state index in [-0.39, 0.29) is 44.4 Å². The van der Waals surface area contributed by atoms with Crippen molar-refractivity contribution in [3.63, 3.8) is 0 Å². The van der Waals surface area contributed by atoms with Gasteiger partial charge in [0.25, 0.3) is 11.8 Å². The normalized spacial score (nSPS) is 40.6. The summed E-state index contributed by atoms with van der Waals surface area (Å²) in [5.41, 5.74) is -2.82. The predicted molar refractivity (Wildman–Crippen MR) is 196 cm³/mol. The largest absolute Gasteiger partial charge is 0.466 e. The molecule has 5 rings (SSSR count). The van der Waals surface area contributed by atoms with Gasteiger partial charge in [-0.1, -0.05) is 17.7 Å². The minimum Gasteiger partial charge on any atom is -0.466 e. The highest BCUT2D eigenvalue weighted by molar-refractivity contribution is 5.96. The summed E-state index contributed by atoms with van der Waals surface area (Å²) in [6, 6.07) is 0. The van der Waals surface area contributed by atoms with Crippen LogP contribution < -0.4 is 0 Å².